The lowest BCUT2D eigenvalue weighted by molar-refractivity contribution is 0.0838. The van der Waals surface area contributed by atoms with Crippen molar-refractivity contribution in [3.05, 3.63) is 8.84 Å². The fourth-order valence-electron chi connectivity index (χ4n) is 1.34. The Hall–Kier alpha value is 0.250. The van der Waals surface area contributed by atoms with Crippen molar-refractivity contribution in [1.29, 1.82) is 0 Å². The molecule has 0 aromatic carbocycles. The number of ether oxygens (including phenoxy) is 1. The van der Waals surface area contributed by atoms with Gasteiger partial charge in [-0.05, 0) is 47.0 Å². The highest BCUT2D eigenvalue weighted by molar-refractivity contribution is 14.1. The van der Waals surface area contributed by atoms with Crippen LogP contribution in [-0.2, 0) is 4.74 Å². The summed E-state index contributed by atoms with van der Waals surface area (Å²) in [7, 11) is 0. The minimum atomic E-state index is 0.540. The van der Waals surface area contributed by atoms with Gasteiger partial charge in [0.15, 0.2) is 3.01 Å². The molecule has 0 amide bonds. The molecule has 2 heterocycles. The summed E-state index contributed by atoms with van der Waals surface area (Å²) in [4.78, 5) is 4.37. The number of aromatic nitrogens is 2. The van der Waals surface area contributed by atoms with Gasteiger partial charge in [0.2, 0.25) is 0 Å². The molecular weight excluding hydrogens is 287 g/mol. The maximum Gasteiger partial charge on any atom is 0.173 e. The van der Waals surface area contributed by atoms with E-state index in [9.17, 15) is 0 Å². The first-order valence-electron chi connectivity index (χ1n) is 3.93. The topological polar surface area (TPSA) is 35.0 Å². The normalized spacial score (nSPS) is 19.8. The Kier molecular flexibility index (Phi) is 2.92. The van der Waals surface area contributed by atoms with E-state index in [4.69, 9.17) is 4.74 Å². The van der Waals surface area contributed by atoms with Crippen molar-refractivity contribution in [3.8, 4) is 0 Å². The van der Waals surface area contributed by atoms with Crippen LogP contribution in [0.25, 0.3) is 0 Å². The Morgan fingerprint density at radius 3 is 2.75 bits per heavy atom. The Morgan fingerprint density at radius 1 is 1.42 bits per heavy atom. The zero-order valence-corrected chi connectivity index (χ0v) is 9.47. The van der Waals surface area contributed by atoms with Gasteiger partial charge in [-0.15, -0.1) is 0 Å². The molecular formula is C7H9IN2OS. The van der Waals surface area contributed by atoms with Gasteiger partial charge in [-0.3, -0.25) is 0 Å². The average molecular weight is 296 g/mol. The summed E-state index contributed by atoms with van der Waals surface area (Å²) in [5.74, 6) is 1.56. The number of hydrogen-bond acceptors (Lipinski definition) is 4. The van der Waals surface area contributed by atoms with Crippen LogP contribution in [0.3, 0.4) is 0 Å². The van der Waals surface area contributed by atoms with E-state index in [0.29, 0.717) is 5.92 Å². The summed E-state index contributed by atoms with van der Waals surface area (Å²) in [5, 5.41) is 0. The van der Waals surface area contributed by atoms with Crippen LogP contribution in [-0.4, -0.2) is 22.6 Å². The zero-order valence-electron chi connectivity index (χ0n) is 6.49. The van der Waals surface area contributed by atoms with Crippen LogP contribution in [0.4, 0.5) is 0 Å². The minimum Gasteiger partial charge on any atom is -0.381 e. The Balaban J connectivity index is 2.08. The first-order valence-corrected chi connectivity index (χ1v) is 5.78. The maximum atomic E-state index is 5.27. The smallest absolute Gasteiger partial charge is 0.173 e. The van der Waals surface area contributed by atoms with Crippen LogP contribution in [0.1, 0.15) is 24.6 Å². The van der Waals surface area contributed by atoms with Gasteiger partial charge < -0.3 is 4.74 Å². The van der Waals surface area contributed by atoms with E-state index in [0.717, 1.165) is 34.9 Å². The summed E-state index contributed by atoms with van der Waals surface area (Å²) in [6.45, 7) is 1.72. The van der Waals surface area contributed by atoms with E-state index in [2.05, 4.69) is 31.9 Å². The predicted molar refractivity (Wildman–Crippen MR) is 55.4 cm³/mol. The van der Waals surface area contributed by atoms with Gasteiger partial charge in [0.05, 0.1) is 0 Å². The fourth-order valence-corrected chi connectivity index (χ4v) is 2.37. The maximum absolute atomic E-state index is 5.27. The highest BCUT2D eigenvalue weighted by atomic mass is 127. The van der Waals surface area contributed by atoms with E-state index < -0.39 is 0 Å². The molecule has 0 unspecified atom stereocenters. The molecule has 0 N–H and O–H groups in total. The summed E-state index contributed by atoms with van der Waals surface area (Å²) in [6, 6.07) is 0. The van der Waals surface area contributed by atoms with Gasteiger partial charge in [0.1, 0.15) is 5.82 Å². The molecule has 66 valence electrons. The zero-order chi connectivity index (χ0) is 8.39. The van der Waals surface area contributed by atoms with Crippen LogP contribution in [0.15, 0.2) is 0 Å². The van der Waals surface area contributed by atoms with E-state index in [-0.39, 0.29) is 0 Å². The summed E-state index contributed by atoms with van der Waals surface area (Å²) >= 11 is 3.69. The highest BCUT2D eigenvalue weighted by Crippen LogP contribution is 2.25. The van der Waals surface area contributed by atoms with Crippen molar-refractivity contribution in [2.45, 2.75) is 18.8 Å². The van der Waals surface area contributed by atoms with Crippen molar-refractivity contribution in [2.24, 2.45) is 0 Å². The molecule has 0 spiro atoms. The van der Waals surface area contributed by atoms with Crippen LogP contribution < -0.4 is 0 Å². The largest absolute Gasteiger partial charge is 0.381 e. The molecule has 0 aliphatic carbocycles. The highest BCUT2D eigenvalue weighted by Gasteiger charge is 2.19. The molecule has 3 nitrogen and oxygen atoms in total. The second-order valence-corrected chi connectivity index (χ2v) is 5.30. The third kappa shape index (κ3) is 1.94. The molecule has 0 atom stereocenters. The molecule has 1 saturated heterocycles. The van der Waals surface area contributed by atoms with E-state index in [1.54, 1.807) is 0 Å². The van der Waals surface area contributed by atoms with Crippen LogP contribution >= 0.6 is 34.1 Å². The third-order valence-electron chi connectivity index (χ3n) is 2.00. The van der Waals surface area contributed by atoms with Crippen molar-refractivity contribution in [2.75, 3.05) is 13.2 Å². The number of hydrogen-bond donors (Lipinski definition) is 0. The van der Waals surface area contributed by atoms with Gasteiger partial charge in [0.25, 0.3) is 0 Å². The second kappa shape index (κ2) is 3.97. The summed E-state index contributed by atoms with van der Waals surface area (Å²) < 4.78 is 10.6. The number of nitrogens with zero attached hydrogens (tertiary/aromatic N) is 2. The van der Waals surface area contributed by atoms with Crippen LogP contribution in [0, 0.1) is 3.01 Å². The molecule has 1 fully saturated rings. The van der Waals surface area contributed by atoms with Crippen molar-refractivity contribution < 1.29 is 4.74 Å². The fraction of sp³-hybridized carbons (Fsp3) is 0.714. The molecule has 5 heteroatoms. The molecule has 0 saturated carbocycles. The molecule has 0 radical (unpaired) electrons. The second-order valence-electron chi connectivity index (χ2n) is 2.79. The number of halogens is 1. The summed E-state index contributed by atoms with van der Waals surface area (Å²) in [5.41, 5.74) is 0. The molecule has 1 aliphatic rings. The van der Waals surface area contributed by atoms with E-state index >= 15 is 0 Å². The molecule has 1 aromatic rings. The molecule has 2 rings (SSSR count). The Labute approximate surface area is 88.8 Å². The Bertz CT molecular complexity index is 260. The quantitative estimate of drug-likeness (QED) is 0.744. The lowest BCUT2D eigenvalue weighted by atomic mass is 10.00. The van der Waals surface area contributed by atoms with Crippen molar-refractivity contribution in [1.82, 2.24) is 9.36 Å². The van der Waals surface area contributed by atoms with E-state index in [1.165, 1.54) is 11.5 Å². The molecule has 12 heavy (non-hydrogen) atoms. The molecule has 1 aliphatic heterocycles. The first kappa shape index (κ1) is 8.83. The van der Waals surface area contributed by atoms with Crippen LogP contribution in [0.5, 0.6) is 0 Å². The Morgan fingerprint density at radius 2 is 2.17 bits per heavy atom. The van der Waals surface area contributed by atoms with Gasteiger partial charge in [-0.2, -0.15) is 4.37 Å². The average Bonchev–Trinajstić information content (AvgIpc) is 2.54. The van der Waals surface area contributed by atoms with Gasteiger partial charge in [-0.1, -0.05) is 0 Å². The van der Waals surface area contributed by atoms with E-state index in [1.807, 2.05) is 0 Å². The number of rotatable bonds is 1. The standard InChI is InChI=1S/C7H9IN2OS/c8-7-9-6(10-12-7)5-1-3-11-4-2-5/h5H,1-4H2. The van der Waals surface area contributed by atoms with Crippen molar-refractivity contribution in [3.63, 3.8) is 0 Å². The van der Waals surface area contributed by atoms with Gasteiger partial charge in [0, 0.05) is 19.1 Å². The third-order valence-corrected chi connectivity index (χ3v) is 3.36. The SMILES string of the molecule is Ic1nc(C2CCOCC2)ns1. The predicted octanol–water partition coefficient (Wildman–Crippen LogP) is 2.04. The lowest BCUT2D eigenvalue weighted by Gasteiger charge is -2.18. The van der Waals surface area contributed by atoms with Gasteiger partial charge in [-0.25, -0.2) is 4.98 Å². The lowest BCUT2D eigenvalue weighted by Crippen LogP contribution is -2.15. The van der Waals surface area contributed by atoms with Crippen LogP contribution in [0.2, 0.25) is 0 Å². The summed E-state index contributed by atoms with van der Waals surface area (Å²) in [6.07, 6.45) is 2.15. The molecule has 1 aromatic heterocycles. The minimum absolute atomic E-state index is 0.540. The van der Waals surface area contributed by atoms with Gasteiger partial charge >= 0.3 is 0 Å². The van der Waals surface area contributed by atoms with Crippen molar-refractivity contribution >= 4 is 34.1 Å². The molecule has 0 bridgehead atoms. The first-order chi connectivity index (χ1) is 5.86. The monoisotopic (exact) mass is 296 g/mol.